The topological polar surface area (TPSA) is 70.6 Å². The lowest BCUT2D eigenvalue weighted by Crippen LogP contribution is -2.19. The van der Waals surface area contributed by atoms with Crippen molar-refractivity contribution < 1.29 is 9.59 Å². The molecule has 2 amide bonds. The zero-order valence-electron chi connectivity index (χ0n) is 15.4. The smallest absolute Gasteiger partial charge is 0.272 e. The summed E-state index contributed by atoms with van der Waals surface area (Å²) in [6.45, 7) is 1.79. The maximum Gasteiger partial charge on any atom is 0.272 e. The van der Waals surface area contributed by atoms with E-state index in [9.17, 15) is 9.59 Å². The highest BCUT2D eigenvalue weighted by Crippen LogP contribution is 2.16. The lowest BCUT2D eigenvalue weighted by Gasteiger charge is -2.07. The third-order valence-electron chi connectivity index (χ3n) is 4.11. The molecule has 0 saturated heterocycles. The summed E-state index contributed by atoms with van der Waals surface area (Å²) in [5, 5.41) is 7.56. The molecule has 0 bridgehead atoms. The van der Waals surface area contributed by atoms with Gasteiger partial charge in [-0.15, -0.1) is 0 Å². The van der Waals surface area contributed by atoms with E-state index in [0.29, 0.717) is 32.0 Å². The highest BCUT2D eigenvalue weighted by Gasteiger charge is 2.09. The largest absolute Gasteiger partial charge is 0.322 e. The molecule has 29 heavy (non-hydrogen) atoms. The Bertz CT molecular complexity index is 1060. The van der Waals surface area contributed by atoms with Gasteiger partial charge >= 0.3 is 0 Å². The fraction of sp³-hybridized carbons (Fsp3) is 0.0455. The summed E-state index contributed by atoms with van der Waals surface area (Å²) in [4.78, 5) is 24.5. The van der Waals surface area contributed by atoms with Crippen LogP contribution in [0.25, 0.3) is 0 Å². The van der Waals surface area contributed by atoms with Crippen LogP contribution in [0.5, 0.6) is 0 Å². The van der Waals surface area contributed by atoms with E-state index in [1.165, 1.54) is 0 Å². The van der Waals surface area contributed by atoms with E-state index in [2.05, 4.69) is 31.8 Å². The Morgan fingerprint density at radius 1 is 0.862 bits per heavy atom. The highest BCUT2D eigenvalue weighted by molar-refractivity contribution is 9.10. The van der Waals surface area contributed by atoms with Crippen LogP contribution in [-0.4, -0.2) is 17.5 Å². The molecular weight excluding hydrogens is 454 g/mol. The molecule has 0 unspecified atom stereocenters. The normalized spacial score (nSPS) is 11.1. The molecule has 0 heterocycles. The minimum Gasteiger partial charge on any atom is -0.322 e. The molecular formula is C22H17BrClN3O2. The highest BCUT2D eigenvalue weighted by atomic mass is 79.9. The molecule has 0 fully saturated rings. The Hall–Kier alpha value is -2.96. The summed E-state index contributed by atoms with van der Waals surface area (Å²) in [5.41, 5.74) is 5.69. The number of hydrogen-bond donors (Lipinski definition) is 2. The number of carbonyl (C=O) groups is 2. The first-order valence-electron chi connectivity index (χ1n) is 8.70. The molecule has 3 aromatic carbocycles. The number of nitrogens with zero attached hydrogens (tertiary/aromatic N) is 1. The Labute approximate surface area is 181 Å². The third kappa shape index (κ3) is 5.53. The average molecular weight is 471 g/mol. The van der Waals surface area contributed by atoms with Crippen molar-refractivity contribution in [3.63, 3.8) is 0 Å². The minimum atomic E-state index is -0.302. The van der Waals surface area contributed by atoms with E-state index >= 15 is 0 Å². The number of benzene rings is 3. The molecule has 0 radical (unpaired) electrons. The molecule has 0 atom stereocenters. The summed E-state index contributed by atoms with van der Waals surface area (Å²) in [6.07, 6.45) is 0. The summed E-state index contributed by atoms with van der Waals surface area (Å²) < 4.78 is 0.700. The van der Waals surface area contributed by atoms with Crippen LogP contribution in [0.1, 0.15) is 33.2 Å². The molecule has 3 rings (SSSR count). The van der Waals surface area contributed by atoms with Gasteiger partial charge in [0.1, 0.15) is 0 Å². The zero-order chi connectivity index (χ0) is 20.8. The van der Waals surface area contributed by atoms with Crippen molar-refractivity contribution in [1.82, 2.24) is 5.43 Å². The molecule has 146 valence electrons. The zero-order valence-corrected chi connectivity index (χ0v) is 17.8. The second-order valence-corrected chi connectivity index (χ2v) is 7.45. The number of rotatable bonds is 5. The molecule has 5 nitrogen and oxygen atoms in total. The summed E-state index contributed by atoms with van der Waals surface area (Å²) >= 11 is 9.19. The van der Waals surface area contributed by atoms with Gasteiger partial charge in [0, 0.05) is 20.7 Å². The Kier molecular flexibility index (Phi) is 6.80. The van der Waals surface area contributed by atoms with Crippen molar-refractivity contribution in [3.8, 4) is 0 Å². The van der Waals surface area contributed by atoms with Crippen LogP contribution in [0.15, 0.2) is 82.4 Å². The van der Waals surface area contributed by atoms with E-state index in [0.717, 1.165) is 5.56 Å². The van der Waals surface area contributed by atoms with Crippen LogP contribution >= 0.6 is 27.5 Å². The number of amides is 2. The van der Waals surface area contributed by atoms with E-state index < -0.39 is 0 Å². The fourth-order valence-corrected chi connectivity index (χ4v) is 3.09. The number of anilines is 1. The van der Waals surface area contributed by atoms with E-state index in [1.807, 2.05) is 18.2 Å². The van der Waals surface area contributed by atoms with Gasteiger partial charge in [0.05, 0.1) is 11.3 Å². The van der Waals surface area contributed by atoms with Gasteiger partial charge in [0.2, 0.25) is 0 Å². The van der Waals surface area contributed by atoms with E-state index in [-0.39, 0.29) is 11.8 Å². The monoisotopic (exact) mass is 469 g/mol. The number of nitrogens with one attached hydrogen (secondary N) is 2. The minimum absolute atomic E-state index is 0.222. The number of hydrogen-bond acceptors (Lipinski definition) is 3. The SMILES string of the molecule is CC(=NNC(=O)c1ccccc1Br)c1ccc(NC(=O)c2ccc(Cl)cc2)cc1. The standard InChI is InChI=1S/C22H17BrClN3O2/c1-14(26-27-22(29)19-4-2-3-5-20(19)23)15-8-12-18(13-9-15)25-21(28)16-6-10-17(24)11-7-16/h2-13H,1H3,(H,25,28)(H,27,29). The maximum atomic E-state index is 12.3. The van der Waals surface area contributed by atoms with Crippen LogP contribution in [-0.2, 0) is 0 Å². The van der Waals surface area contributed by atoms with Gasteiger partial charge in [-0.05, 0) is 76.9 Å². The fourth-order valence-electron chi connectivity index (χ4n) is 2.50. The van der Waals surface area contributed by atoms with Crippen molar-refractivity contribution in [2.45, 2.75) is 6.92 Å². The van der Waals surface area contributed by atoms with E-state index in [1.54, 1.807) is 61.5 Å². The summed E-state index contributed by atoms with van der Waals surface area (Å²) in [7, 11) is 0. The van der Waals surface area contributed by atoms with Gasteiger partial charge in [0.15, 0.2) is 0 Å². The van der Waals surface area contributed by atoms with Gasteiger partial charge in [-0.25, -0.2) is 5.43 Å². The first-order chi connectivity index (χ1) is 13.9. The molecule has 0 aliphatic rings. The van der Waals surface area contributed by atoms with E-state index in [4.69, 9.17) is 11.6 Å². The summed E-state index contributed by atoms with van der Waals surface area (Å²) in [5.74, 6) is -0.524. The van der Waals surface area contributed by atoms with Crippen molar-refractivity contribution >= 4 is 50.7 Å². The van der Waals surface area contributed by atoms with Crippen LogP contribution in [0, 0.1) is 0 Å². The molecule has 0 aliphatic heterocycles. The molecule has 0 saturated carbocycles. The predicted octanol–water partition coefficient (Wildman–Crippen LogP) is 5.51. The average Bonchev–Trinajstić information content (AvgIpc) is 2.73. The molecule has 0 spiro atoms. The molecule has 7 heteroatoms. The van der Waals surface area contributed by atoms with Gasteiger partial charge in [-0.1, -0.05) is 35.9 Å². The second-order valence-electron chi connectivity index (χ2n) is 6.16. The van der Waals surface area contributed by atoms with Crippen molar-refractivity contribution in [1.29, 1.82) is 0 Å². The first kappa shape index (κ1) is 20.8. The molecule has 0 aliphatic carbocycles. The quantitative estimate of drug-likeness (QED) is 0.381. The van der Waals surface area contributed by atoms with Gasteiger partial charge in [-0.2, -0.15) is 5.10 Å². The van der Waals surface area contributed by atoms with Crippen molar-refractivity contribution in [2.75, 3.05) is 5.32 Å². The predicted molar refractivity (Wildman–Crippen MR) is 120 cm³/mol. The number of carbonyl (C=O) groups excluding carboxylic acids is 2. The Morgan fingerprint density at radius 2 is 1.48 bits per heavy atom. The molecule has 2 N–H and O–H groups in total. The van der Waals surface area contributed by atoms with Crippen LogP contribution in [0.2, 0.25) is 5.02 Å². The van der Waals surface area contributed by atoms with Crippen LogP contribution < -0.4 is 10.7 Å². The third-order valence-corrected chi connectivity index (χ3v) is 5.05. The summed E-state index contributed by atoms with van der Waals surface area (Å²) in [6, 6.07) is 21.0. The molecule has 0 aromatic heterocycles. The van der Waals surface area contributed by atoms with Gasteiger partial charge < -0.3 is 5.32 Å². The molecule has 3 aromatic rings. The van der Waals surface area contributed by atoms with Gasteiger partial charge in [-0.3, -0.25) is 9.59 Å². The van der Waals surface area contributed by atoms with Crippen molar-refractivity contribution in [2.24, 2.45) is 5.10 Å². The van der Waals surface area contributed by atoms with Crippen molar-refractivity contribution in [3.05, 3.63) is 99.0 Å². The first-order valence-corrected chi connectivity index (χ1v) is 9.87. The Balaban J connectivity index is 1.63. The van der Waals surface area contributed by atoms with Gasteiger partial charge in [0.25, 0.3) is 11.8 Å². The second kappa shape index (κ2) is 9.49. The van der Waals surface area contributed by atoms with Crippen LogP contribution in [0.4, 0.5) is 5.69 Å². The van der Waals surface area contributed by atoms with Crippen LogP contribution in [0.3, 0.4) is 0 Å². The number of hydrazone groups is 1. The lowest BCUT2D eigenvalue weighted by atomic mass is 10.1. The lowest BCUT2D eigenvalue weighted by molar-refractivity contribution is 0.0953. The number of halogens is 2. The Morgan fingerprint density at radius 3 is 2.14 bits per heavy atom. The maximum absolute atomic E-state index is 12.3.